The van der Waals surface area contributed by atoms with Gasteiger partial charge in [-0.3, -0.25) is 0 Å². The molecule has 4 aromatic rings. The summed E-state index contributed by atoms with van der Waals surface area (Å²) in [6, 6.07) is 27.6. The van der Waals surface area contributed by atoms with Gasteiger partial charge in [-0.05, 0) is 0 Å². The molecular weight excluding hydrogens is 885 g/mol. The van der Waals surface area contributed by atoms with Gasteiger partial charge in [-0.2, -0.15) is 0 Å². The van der Waals surface area contributed by atoms with Crippen molar-refractivity contribution in [3.63, 3.8) is 0 Å². The van der Waals surface area contributed by atoms with E-state index in [4.69, 9.17) is 23.2 Å². The van der Waals surface area contributed by atoms with E-state index in [0.29, 0.717) is 3.67 Å². The van der Waals surface area contributed by atoms with Crippen molar-refractivity contribution >= 4 is 26.5 Å². The van der Waals surface area contributed by atoms with E-state index in [-0.39, 0.29) is 46.5 Å². The fourth-order valence-electron chi connectivity index (χ4n) is 8.04. The van der Waals surface area contributed by atoms with Crippen LogP contribution in [-0.2, 0) is 42.6 Å². The SMILES string of the molecule is CC(C)(C)c1cc2c(cc1C(C)(C)C)[CH]([Hf+2]([C]1=CC=CC1)=[C](c1cccc(Cl)c1)c1cccc(Cl)c1)c1cc(C(C)(C)C)c(C(C)(C)C)cc1-2.[Cl-].[Cl-]. The number of benzene rings is 4. The van der Waals surface area contributed by atoms with E-state index < -0.39 is 21.0 Å². The average molecular weight is 939 g/mol. The first-order valence-electron chi connectivity index (χ1n) is 18.2. The third kappa shape index (κ3) is 8.40. The van der Waals surface area contributed by atoms with Crippen molar-refractivity contribution in [2.24, 2.45) is 0 Å². The average Bonchev–Trinajstić information content (AvgIpc) is 3.63. The van der Waals surface area contributed by atoms with Crippen molar-refractivity contribution in [3.8, 4) is 11.1 Å². The molecule has 0 bridgehead atoms. The molecule has 0 aliphatic heterocycles. The molecule has 0 fully saturated rings. The van der Waals surface area contributed by atoms with Gasteiger partial charge in [0.05, 0.1) is 0 Å². The second kappa shape index (κ2) is 15.4. The van der Waals surface area contributed by atoms with Gasteiger partial charge in [0.2, 0.25) is 0 Å². The number of hydrogen-bond acceptors (Lipinski definition) is 0. The minimum Gasteiger partial charge on any atom is -1.00 e. The van der Waals surface area contributed by atoms with Crippen LogP contribution in [0.25, 0.3) is 11.1 Å². The number of hydrogen-bond donors (Lipinski definition) is 0. The zero-order valence-electron chi connectivity index (χ0n) is 33.0. The number of fused-ring (bicyclic) bond motifs is 3. The second-order valence-electron chi connectivity index (χ2n) is 18.5. The first-order chi connectivity index (χ1) is 23.2. The number of allylic oxidation sites excluding steroid dienone is 4. The van der Waals surface area contributed by atoms with Crippen molar-refractivity contribution in [2.45, 2.75) is 115 Å². The van der Waals surface area contributed by atoms with E-state index in [1.165, 1.54) is 58.9 Å². The van der Waals surface area contributed by atoms with Crippen LogP contribution in [-0.4, -0.2) is 3.26 Å². The third-order valence-corrected chi connectivity index (χ3v) is 23.0. The molecule has 2 aliphatic rings. The van der Waals surface area contributed by atoms with E-state index >= 15 is 0 Å². The topological polar surface area (TPSA) is 0 Å². The van der Waals surface area contributed by atoms with Crippen molar-refractivity contribution in [1.29, 1.82) is 0 Å². The molecule has 0 spiro atoms. The van der Waals surface area contributed by atoms with Gasteiger partial charge in [0.1, 0.15) is 0 Å². The maximum absolute atomic E-state index is 6.81. The summed E-state index contributed by atoms with van der Waals surface area (Å²) in [4.78, 5) is 0. The number of halogens is 4. The minimum absolute atomic E-state index is 0. The molecule has 52 heavy (non-hydrogen) atoms. The Labute approximate surface area is 344 Å². The van der Waals surface area contributed by atoms with Crippen LogP contribution in [0.3, 0.4) is 0 Å². The summed E-state index contributed by atoms with van der Waals surface area (Å²) in [5.41, 5.74) is 14.2. The van der Waals surface area contributed by atoms with Gasteiger partial charge >= 0.3 is 322 Å². The minimum atomic E-state index is -3.23. The fraction of sp³-hybridized carbons (Fsp3) is 0.383. The van der Waals surface area contributed by atoms with Gasteiger partial charge < -0.3 is 24.8 Å². The van der Waals surface area contributed by atoms with Crippen LogP contribution in [0.4, 0.5) is 0 Å². The van der Waals surface area contributed by atoms with Crippen molar-refractivity contribution < 1.29 is 45.8 Å². The van der Waals surface area contributed by atoms with E-state index in [0.717, 1.165) is 16.5 Å². The van der Waals surface area contributed by atoms with Gasteiger partial charge in [0.15, 0.2) is 0 Å². The smallest absolute Gasteiger partial charge is 1.00 e. The molecular formula is C47H54Cl4Hf. The van der Waals surface area contributed by atoms with Crippen molar-refractivity contribution in [3.05, 3.63) is 149 Å². The van der Waals surface area contributed by atoms with Crippen molar-refractivity contribution in [2.75, 3.05) is 0 Å². The summed E-state index contributed by atoms with van der Waals surface area (Å²) in [6.45, 7) is 28.6. The van der Waals surface area contributed by atoms with Crippen LogP contribution in [0.2, 0.25) is 10.0 Å². The molecule has 0 N–H and O–H groups in total. The Morgan fingerprint density at radius 2 is 0.942 bits per heavy atom. The summed E-state index contributed by atoms with van der Waals surface area (Å²) < 4.78 is 3.41. The molecule has 5 heteroatoms. The molecule has 0 heterocycles. The van der Waals surface area contributed by atoms with E-state index in [1.807, 2.05) is 12.1 Å². The van der Waals surface area contributed by atoms with E-state index in [9.17, 15) is 0 Å². The zero-order valence-corrected chi connectivity index (χ0v) is 39.6. The normalized spacial score (nSPS) is 14.1. The van der Waals surface area contributed by atoms with Crippen LogP contribution in [0, 0.1) is 0 Å². The van der Waals surface area contributed by atoms with Gasteiger partial charge in [0.25, 0.3) is 0 Å². The maximum Gasteiger partial charge on any atom is -1.00 e. The molecule has 0 aromatic heterocycles. The molecule has 0 saturated carbocycles. The Hall–Kier alpha value is -1.74. The van der Waals surface area contributed by atoms with Crippen LogP contribution in [0.1, 0.15) is 138 Å². The van der Waals surface area contributed by atoms with Gasteiger partial charge in [-0.25, -0.2) is 0 Å². The standard InChI is InChI=1S/C29H41.C13H8Cl2.C5H5.2ClH.Hf/c1-26(2,3)22-14-18-13-19-15-23(27(4,5)6)25(29(10,11)12)17-21(19)20(18)16-24(22)28(7,8)9;14-12-5-1-3-10(8-12)7-11-4-2-6-13(15)9-11;1-2-4-5-3-1;;;/h13-17H,1-12H3;1-6,8-9H;1-3H,4H2;2*1H;/q;;;;;+2/p-2. The van der Waals surface area contributed by atoms with Crippen LogP contribution < -0.4 is 24.8 Å². The molecule has 0 atom stereocenters. The predicted octanol–water partition coefficient (Wildman–Crippen LogP) is 7.99. The Morgan fingerprint density at radius 1 is 0.558 bits per heavy atom. The molecule has 6 rings (SSSR count). The molecule has 4 aromatic carbocycles. The van der Waals surface area contributed by atoms with Crippen molar-refractivity contribution in [1.82, 2.24) is 0 Å². The van der Waals surface area contributed by atoms with E-state index in [2.05, 4.69) is 162 Å². The molecule has 0 unspecified atom stereocenters. The number of rotatable bonds is 4. The Kier molecular flexibility index (Phi) is 12.7. The van der Waals surface area contributed by atoms with Crippen LogP contribution in [0.5, 0.6) is 0 Å². The molecule has 0 nitrogen and oxygen atoms in total. The van der Waals surface area contributed by atoms with Gasteiger partial charge in [-0.1, -0.05) is 0 Å². The predicted molar refractivity (Wildman–Crippen MR) is 216 cm³/mol. The largest absolute Gasteiger partial charge is 1.00 e. The summed E-state index contributed by atoms with van der Waals surface area (Å²) in [5, 5.41) is 1.54. The summed E-state index contributed by atoms with van der Waals surface area (Å²) in [6.07, 6.45) is 8.11. The molecule has 0 radical (unpaired) electrons. The first-order valence-corrected chi connectivity index (χ1v) is 24.6. The quantitative estimate of drug-likeness (QED) is 0.182. The Balaban J connectivity index is 0.00000302. The fourth-order valence-corrected chi connectivity index (χ4v) is 21.5. The Morgan fingerprint density at radius 3 is 1.27 bits per heavy atom. The monoisotopic (exact) mass is 938 g/mol. The second-order valence-corrected chi connectivity index (χ2v) is 28.6. The van der Waals surface area contributed by atoms with E-state index in [1.54, 1.807) is 3.33 Å². The zero-order chi connectivity index (χ0) is 36.6. The molecule has 274 valence electrons. The maximum atomic E-state index is 6.81. The van der Waals surface area contributed by atoms with Gasteiger partial charge in [0, 0.05) is 0 Å². The van der Waals surface area contributed by atoms with Crippen LogP contribution >= 0.6 is 23.2 Å². The summed E-state index contributed by atoms with van der Waals surface area (Å²) >= 11 is 10.4. The Bertz CT molecular complexity index is 1960. The summed E-state index contributed by atoms with van der Waals surface area (Å²) in [7, 11) is 0. The molecule has 2 aliphatic carbocycles. The summed E-state index contributed by atoms with van der Waals surface area (Å²) in [5.74, 6) is 0. The third-order valence-electron chi connectivity index (χ3n) is 10.4. The molecule has 0 saturated heterocycles. The molecule has 0 amide bonds. The first kappa shape index (κ1) is 43.0. The van der Waals surface area contributed by atoms with Crippen LogP contribution in [0.15, 0.2) is 94.4 Å². The van der Waals surface area contributed by atoms with Gasteiger partial charge in [-0.15, -0.1) is 0 Å².